The van der Waals surface area contributed by atoms with Crippen molar-refractivity contribution in [3.05, 3.63) is 29.3 Å². The van der Waals surface area contributed by atoms with Gasteiger partial charge in [-0.15, -0.1) is 0 Å². The lowest BCUT2D eigenvalue weighted by Crippen LogP contribution is -2.52. The SMILES string of the molecule is COc1cccc(C(N)=O)c1C1(OC(=O)O)CCC2(CC1)CNNN2. The van der Waals surface area contributed by atoms with Crippen molar-refractivity contribution in [2.75, 3.05) is 13.7 Å². The lowest BCUT2D eigenvalue weighted by molar-refractivity contribution is -0.0604. The number of carbonyl (C=O) groups is 2. The molecule has 3 rings (SSSR count). The average molecular weight is 350 g/mol. The molecule has 0 aromatic heterocycles. The first-order chi connectivity index (χ1) is 11.9. The van der Waals surface area contributed by atoms with Crippen LogP contribution >= 0.6 is 0 Å². The molecule has 1 aliphatic heterocycles. The van der Waals surface area contributed by atoms with Crippen LogP contribution in [-0.4, -0.2) is 36.4 Å². The Labute approximate surface area is 144 Å². The van der Waals surface area contributed by atoms with Crippen LogP contribution in [0.2, 0.25) is 0 Å². The number of carbonyl (C=O) groups excluding carboxylic acids is 1. The standard InChI is InChI=1S/C16H22N4O5/c1-24-11-4-2-3-10(13(17)21)12(11)16(25-14(22)23)7-5-15(6-8-16)9-18-20-19-15/h2-4,18-20H,5-9H2,1H3,(H2,17,21)(H,22,23). The van der Waals surface area contributed by atoms with E-state index in [4.69, 9.17) is 15.2 Å². The van der Waals surface area contributed by atoms with E-state index in [1.54, 1.807) is 18.2 Å². The zero-order valence-corrected chi connectivity index (χ0v) is 13.9. The molecule has 1 amide bonds. The fourth-order valence-electron chi connectivity index (χ4n) is 3.82. The molecule has 0 unspecified atom stereocenters. The van der Waals surface area contributed by atoms with Crippen molar-refractivity contribution >= 4 is 12.1 Å². The highest BCUT2D eigenvalue weighted by molar-refractivity contribution is 5.95. The van der Waals surface area contributed by atoms with Gasteiger partial charge in [0.05, 0.1) is 18.2 Å². The van der Waals surface area contributed by atoms with Gasteiger partial charge in [0.1, 0.15) is 11.4 Å². The molecule has 1 aromatic carbocycles. The predicted molar refractivity (Wildman–Crippen MR) is 87.8 cm³/mol. The minimum Gasteiger partial charge on any atom is -0.496 e. The number of ether oxygens (including phenoxy) is 2. The Morgan fingerprint density at radius 1 is 1.24 bits per heavy atom. The first-order valence-corrected chi connectivity index (χ1v) is 8.06. The molecule has 1 heterocycles. The molecule has 0 radical (unpaired) electrons. The molecule has 25 heavy (non-hydrogen) atoms. The predicted octanol–water partition coefficient (Wildman–Crippen LogP) is 0.609. The van der Waals surface area contributed by atoms with Crippen molar-refractivity contribution in [1.29, 1.82) is 0 Å². The Balaban J connectivity index is 2.05. The lowest BCUT2D eigenvalue weighted by atomic mass is 9.70. The summed E-state index contributed by atoms with van der Waals surface area (Å²) < 4.78 is 10.8. The largest absolute Gasteiger partial charge is 0.506 e. The van der Waals surface area contributed by atoms with Gasteiger partial charge in [-0.3, -0.25) is 4.79 Å². The second kappa shape index (κ2) is 6.51. The van der Waals surface area contributed by atoms with Crippen molar-refractivity contribution in [2.24, 2.45) is 5.73 Å². The van der Waals surface area contributed by atoms with Crippen molar-refractivity contribution < 1.29 is 24.2 Å². The summed E-state index contributed by atoms with van der Waals surface area (Å²) in [5, 5.41) is 9.32. The Hall–Kier alpha value is -2.36. The Kier molecular flexibility index (Phi) is 4.55. The van der Waals surface area contributed by atoms with Crippen molar-refractivity contribution in [3.8, 4) is 5.75 Å². The van der Waals surface area contributed by atoms with Gasteiger partial charge in [0.25, 0.3) is 0 Å². The first kappa shape index (κ1) is 17.5. The van der Waals surface area contributed by atoms with Crippen LogP contribution < -0.4 is 26.9 Å². The Morgan fingerprint density at radius 2 is 1.96 bits per heavy atom. The molecule has 9 heteroatoms. The summed E-state index contributed by atoms with van der Waals surface area (Å²) in [5.41, 5.74) is 13.9. The summed E-state index contributed by atoms with van der Waals surface area (Å²) in [5.74, 6) is -0.256. The minimum atomic E-state index is -1.40. The highest BCUT2D eigenvalue weighted by Crippen LogP contribution is 2.48. The van der Waals surface area contributed by atoms with Crippen LogP contribution in [0.15, 0.2) is 18.2 Å². The molecule has 9 nitrogen and oxygen atoms in total. The van der Waals surface area contributed by atoms with Crippen LogP contribution in [0.5, 0.6) is 5.75 Å². The average Bonchev–Trinajstić information content (AvgIpc) is 3.04. The van der Waals surface area contributed by atoms with E-state index in [1.165, 1.54) is 7.11 Å². The van der Waals surface area contributed by atoms with Crippen molar-refractivity contribution in [1.82, 2.24) is 16.4 Å². The van der Waals surface area contributed by atoms with E-state index in [9.17, 15) is 14.7 Å². The third-order valence-electron chi connectivity index (χ3n) is 5.11. The highest BCUT2D eigenvalue weighted by Gasteiger charge is 2.50. The molecule has 0 bridgehead atoms. The van der Waals surface area contributed by atoms with Crippen LogP contribution in [0.25, 0.3) is 0 Å². The van der Waals surface area contributed by atoms with Crippen LogP contribution in [-0.2, 0) is 10.3 Å². The summed E-state index contributed by atoms with van der Waals surface area (Å²) in [6.07, 6.45) is 0.701. The van der Waals surface area contributed by atoms with Gasteiger partial charge in [0.2, 0.25) is 5.91 Å². The number of hydrogen-bond acceptors (Lipinski definition) is 7. The maximum atomic E-state index is 11.9. The maximum absolute atomic E-state index is 11.9. The minimum absolute atomic E-state index is 0.180. The van der Waals surface area contributed by atoms with Gasteiger partial charge in [0.15, 0.2) is 0 Å². The van der Waals surface area contributed by atoms with Crippen molar-refractivity contribution in [2.45, 2.75) is 36.8 Å². The summed E-state index contributed by atoms with van der Waals surface area (Å²) in [6.45, 7) is 0.713. The molecule has 1 spiro atoms. The van der Waals surface area contributed by atoms with E-state index in [0.717, 1.165) is 0 Å². The van der Waals surface area contributed by atoms with Gasteiger partial charge in [-0.25, -0.2) is 15.6 Å². The molecule has 6 N–H and O–H groups in total. The van der Waals surface area contributed by atoms with Gasteiger partial charge in [-0.1, -0.05) is 6.07 Å². The number of primary amides is 1. The summed E-state index contributed by atoms with van der Waals surface area (Å²) in [7, 11) is 1.47. The smallest absolute Gasteiger partial charge is 0.496 e. The Bertz CT molecular complexity index is 677. The van der Waals surface area contributed by atoms with E-state index < -0.39 is 17.7 Å². The fraction of sp³-hybridized carbons (Fsp3) is 0.500. The summed E-state index contributed by atoms with van der Waals surface area (Å²) in [4.78, 5) is 23.4. The first-order valence-electron chi connectivity index (χ1n) is 8.06. The second-order valence-corrected chi connectivity index (χ2v) is 6.49. The highest BCUT2D eigenvalue weighted by atomic mass is 16.7. The monoisotopic (exact) mass is 350 g/mol. The number of methoxy groups -OCH3 is 1. The zero-order chi connectivity index (χ0) is 18.1. The molecule has 1 saturated heterocycles. The maximum Gasteiger partial charge on any atom is 0.506 e. The molecule has 1 aromatic rings. The number of carboxylic acid groups (broad SMARTS) is 1. The van der Waals surface area contributed by atoms with Crippen LogP contribution in [0.4, 0.5) is 4.79 Å². The van der Waals surface area contributed by atoms with E-state index >= 15 is 0 Å². The molecule has 2 fully saturated rings. The van der Waals surface area contributed by atoms with Crippen LogP contribution in [0.3, 0.4) is 0 Å². The number of rotatable bonds is 4. The Morgan fingerprint density at radius 3 is 2.48 bits per heavy atom. The number of hydrazine groups is 2. The molecular formula is C16H22N4O5. The molecule has 136 valence electrons. The zero-order valence-electron chi connectivity index (χ0n) is 13.9. The summed E-state index contributed by atoms with van der Waals surface area (Å²) in [6, 6.07) is 4.89. The van der Waals surface area contributed by atoms with E-state index in [2.05, 4.69) is 16.4 Å². The van der Waals surface area contributed by atoms with Gasteiger partial charge in [-0.05, 0) is 37.8 Å². The van der Waals surface area contributed by atoms with Gasteiger partial charge < -0.3 is 20.3 Å². The topological polar surface area (TPSA) is 135 Å². The number of amides is 1. The van der Waals surface area contributed by atoms with E-state index in [1.807, 2.05) is 0 Å². The normalized spacial score (nSPS) is 28.7. The van der Waals surface area contributed by atoms with Gasteiger partial charge in [0, 0.05) is 12.1 Å². The molecule has 2 aliphatic rings. The third-order valence-corrected chi connectivity index (χ3v) is 5.11. The molecule has 1 aliphatic carbocycles. The van der Waals surface area contributed by atoms with E-state index in [0.29, 0.717) is 43.5 Å². The van der Waals surface area contributed by atoms with Crippen molar-refractivity contribution in [3.63, 3.8) is 0 Å². The quantitative estimate of drug-likeness (QED) is 0.499. The summed E-state index contributed by atoms with van der Waals surface area (Å²) >= 11 is 0. The fourth-order valence-corrected chi connectivity index (χ4v) is 3.82. The van der Waals surface area contributed by atoms with Crippen LogP contribution in [0, 0.1) is 0 Å². The van der Waals surface area contributed by atoms with Crippen LogP contribution in [0.1, 0.15) is 41.6 Å². The molecular weight excluding hydrogens is 328 g/mol. The number of benzene rings is 1. The van der Waals surface area contributed by atoms with Gasteiger partial charge in [-0.2, -0.15) is 5.53 Å². The molecule has 0 atom stereocenters. The number of nitrogens with one attached hydrogen (secondary N) is 3. The second-order valence-electron chi connectivity index (χ2n) is 6.49. The molecule has 1 saturated carbocycles. The van der Waals surface area contributed by atoms with Gasteiger partial charge >= 0.3 is 6.16 Å². The number of hydrogen-bond donors (Lipinski definition) is 5. The van der Waals surface area contributed by atoms with E-state index in [-0.39, 0.29) is 11.1 Å². The third kappa shape index (κ3) is 3.13. The lowest BCUT2D eigenvalue weighted by Gasteiger charge is -2.44. The number of nitrogens with two attached hydrogens (primary N) is 1.